The van der Waals surface area contributed by atoms with E-state index >= 15 is 0 Å². The minimum atomic E-state index is -3.49. The smallest absolute Gasteiger partial charge is 0.232 e. The molecule has 1 amide bonds. The Morgan fingerprint density at radius 2 is 1.78 bits per heavy atom. The molecule has 6 nitrogen and oxygen atoms in total. The Balaban J connectivity index is 1.73. The third-order valence-electron chi connectivity index (χ3n) is 4.17. The molecule has 7 heteroatoms. The number of nitrogens with one attached hydrogen (secondary N) is 1. The Morgan fingerprint density at radius 3 is 2.48 bits per heavy atom. The highest BCUT2D eigenvalue weighted by Crippen LogP contribution is 2.22. The van der Waals surface area contributed by atoms with Gasteiger partial charge in [-0.15, -0.1) is 0 Å². The van der Waals surface area contributed by atoms with Gasteiger partial charge in [-0.3, -0.25) is 14.1 Å². The van der Waals surface area contributed by atoms with Crippen molar-refractivity contribution in [3.63, 3.8) is 0 Å². The fraction of sp³-hybridized carbons (Fsp3) is 0.200. The summed E-state index contributed by atoms with van der Waals surface area (Å²) in [6, 6.07) is 16.5. The lowest BCUT2D eigenvalue weighted by atomic mass is 10.2. The van der Waals surface area contributed by atoms with Crippen LogP contribution in [0.3, 0.4) is 0 Å². The molecule has 0 saturated heterocycles. The molecule has 0 unspecified atom stereocenters. The zero-order valence-electron chi connectivity index (χ0n) is 15.2. The summed E-state index contributed by atoms with van der Waals surface area (Å²) in [4.78, 5) is 16.7. The van der Waals surface area contributed by atoms with Gasteiger partial charge < -0.3 is 5.32 Å². The predicted octanol–water partition coefficient (Wildman–Crippen LogP) is 3.34. The van der Waals surface area contributed by atoms with Crippen LogP contribution in [0.2, 0.25) is 0 Å². The Bertz CT molecular complexity index is 1060. The van der Waals surface area contributed by atoms with E-state index in [0.29, 0.717) is 16.9 Å². The first-order valence-corrected chi connectivity index (χ1v) is 10.4. The second-order valence-corrected chi connectivity index (χ2v) is 8.26. The van der Waals surface area contributed by atoms with Gasteiger partial charge in [0.05, 0.1) is 23.1 Å². The van der Waals surface area contributed by atoms with Crippen LogP contribution in [-0.4, -0.2) is 32.1 Å². The van der Waals surface area contributed by atoms with Crippen LogP contribution in [0.15, 0.2) is 60.8 Å². The van der Waals surface area contributed by atoms with Crippen LogP contribution in [0.25, 0.3) is 10.9 Å². The van der Waals surface area contributed by atoms with Crippen molar-refractivity contribution in [1.82, 2.24) is 4.98 Å². The van der Waals surface area contributed by atoms with Gasteiger partial charge in [0.25, 0.3) is 0 Å². The number of anilines is 2. The van der Waals surface area contributed by atoms with Gasteiger partial charge in [0.2, 0.25) is 15.9 Å². The Labute approximate surface area is 158 Å². The second kappa shape index (κ2) is 7.75. The van der Waals surface area contributed by atoms with Crippen LogP contribution in [0.5, 0.6) is 0 Å². The molecule has 1 N–H and O–H groups in total. The number of amides is 1. The first-order valence-electron chi connectivity index (χ1n) is 8.52. The minimum Gasteiger partial charge on any atom is -0.324 e. The summed E-state index contributed by atoms with van der Waals surface area (Å²) in [5, 5.41) is 3.75. The Morgan fingerprint density at radius 1 is 1.07 bits per heavy atom. The number of para-hydroxylation sites is 1. The molecule has 0 spiro atoms. The number of sulfonamides is 1. The number of pyridine rings is 1. The molecule has 27 heavy (non-hydrogen) atoms. The van der Waals surface area contributed by atoms with E-state index in [1.54, 1.807) is 24.4 Å². The van der Waals surface area contributed by atoms with E-state index in [-0.39, 0.29) is 18.9 Å². The number of hydrogen-bond acceptors (Lipinski definition) is 4. The monoisotopic (exact) mass is 383 g/mol. The molecule has 2 aromatic carbocycles. The number of hydrogen-bond donors (Lipinski definition) is 1. The summed E-state index contributed by atoms with van der Waals surface area (Å²) in [6.45, 7) is 1.99. The quantitative estimate of drug-likeness (QED) is 0.708. The maximum atomic E-state index is 12.4. The lowest BCUT2D eigenvalue weighted by Crippen LogP contribution is -2.33. The average molecular weight is 383 g/mol. The Kier molecular flexibility index (Phi) is 5.41. The molecule has 140 valence electrons. The summed E-state index contributed by atoms with van der Waals surface area (Å²) in [6.07, 6.45) is 2.84. The van der Waals surface area contributed by atoms with Crippen molar-refractivity contribution < 1.29 is 13.2 Å². The molecule has 0 radical (unpaired) electrons. The first kappa shape index (κ1) is 18.8. The van der Waals surface area contributed by atoms with Crippen LogP contribution in [0.1, 0.15) is 12.0 Å². The van der Waals surface area contributed by atoms with Gasteiger partial charge in [0, 0.05) is 24.5 Å². The van der Waals surface area contributed by atoms with Crippen molar-refractivity contribution in [2.24, 2.45) is 0 Å². The summed E-state index contributed by atoms with van der Waals surface area (Å²) < 4.78 is 25.5. The topological polar surface area (TPSA) is 79.4 Å². The first-order chi connectivity index (χ1) is 12.8. The fourth-order valence-electron chi connectivity index (χ4n) is 2.82. The molecule has 3 aromatic rings. The van der Waals surface area contributed by atoms with E-state index in [1.807, 2.05) is 43.3 Å². The summed E-state index contributed by atoms with van der Waals surface area (Å²) in [7, 11) is -3.49. The fourth-order valence-corrected chi connectivity index (χ4v) is 3.75. The van der Waals surface area contributed by atoms with Gasteiger partial charge in [-0.05, 0) is 31.2 Å². The van der Waals surface area contributed by atoms with Gasteiger partial charge in [-0.1, -0.05) is 35.9 Å². The molecule has 0 aliphatic heterocycles. The lowest BCUT2D eigenvalue weighted by Gasteiger charge is -2.22. The van der Waals surface area contributed by atoms with Crippen LogP contribution in [0, 0.1) is 6.92 Å². The van der Waals surface area contributed by atoms with Gasteiger partial charge >= 0.3 is 0 Å². The van der Waals surface area contributed by atoms with Crippen molar-refractivity contribution in [3.8, 4) is 0 Å². The molecule has 1 heterocycles. The number of carbonyl (C=O) groups is 1. The summed E-state index contributed by atoms with van der Waals surface area (Å²) in [5.41, 5.74) is 2.89. The number of aryl methyl sites for hydroxylation is 1. The number of nitrogens with zero attached hydrogens (tertiary/aromatic N) is 2. The molecule has 0 bridgehead atoms. The molecule has 3 rings (SSSR count). The molecular formula is C20H21N3O3S. The number of aromatic nitrogens is 1. The van der Waals surface area contributed by atoms with E-state index in [9.17, 15) is 13.2 Å². The van der Waals surface area contributed by atoms with Gasteiger partial charge in [0.1, 0.15) is 0 Å². The second-order valence-electron chi connectivity index (χ2n) is 6.35. The minimum absolute atomic E-state index is 0.0319. The van der Waals surface area contributed by atoms with E-state index < -0.39 is 10.0 Å². The van der Waals surface area contributed by atoms with Gasteiger partial charge in [0.15, 0.2) is 0 Å². The number of rotatable bonds is 6. The molecule has 0 fully saturated rings. The van der Waals surface area contributed by atoms with Crippen molar-refractivity contribution >= 4 is 38.2 Å². The largest absolute Gasteiger partial charge is 0.324 e. The third-order valence-corrected chi connectivity index (χ3v) is 5.37. The van der Waals surface area contributed by atoms with E-state index in [4.69, 9.17) is 0 Å². The van der Waals surface area contributed by atoms with Crippen LogP contribution < -0.4 is 9.62 Å². The van der Waals surface area contributed by atoms with Crippen LogP contribution in [0.4, 0.5) is 11.4 Å². The lowest BCUT2D eigenvalue weighted by molar-refractivity contribution is -0.116. The molecule has 0 saturated carbocycles. The number of fused-ring (bicyclic) bond motifs is 1. The standard InChI is InChI=1S/C20H21N3O3S/c1-15-8-10-17(11-9-15)23(27(2,25)26)14-12-19(24)22-18-7-3-5-16-6-4-13-21-20(16)18/h3-11,13H,12,14H2,1-2H3,(H,22,24). The highest BCUT2D eigenvalue weighted by molar-refractivity contribution is 7.92. The van der Waals surface area contributed by atoms with Gasteiger partial charge in [-0.25, -0.2) is 8.42 Å². The summed E-state index contributed by atoms with van der Waals surface area (Å²) >= 11 is 0. The highest BCUT2D eigenvalue weighted by Gasteiger charge is 2.18. The van der Waals surface area contributed by atoms with Gasteiger partial charge in [-0.2, -0.15) is 0 Å². The Hall–Kier alpha value is -2.93. The maximum Gasteiger partial charge on any atom is 0.232 e. The molecular weight excluding hydrogens is 362 g/mol. The van der Waals surface area contributed by atoms with Crippen molar-refractivity contribution in [3.05, 3.63) is 66.4 Å². The number of benzene rings is 2. The maximum absolute atomic E-state index is 12.4. The molecule has 0 atom stereocenters. The van der Waals surface area contributed by atoms with Crippen molar-refractivity contribution in [2.45, 2.75) is 13.3 Å². The van der Waals surface area contributed by atoms with Crippen molar-refractivity contribution in [2.75, 3.05) is 22.4 Å². The highest BCUT2D eigenvalue weighted by atomic mass is 32.2. The third kappa shape index (κ3) is 4.62. The molecule has 1 aromatic heterocycles. The SMILES string of the molecule is Cc1ccc(N(CCC(=O)Nc2cccc3cccnc23)S(C)(=O)=O)cc1. The molecule has 0 aliphatic rings. The predicted molar refractivity (Wildman–Crippen MR) is 108 cm³/mol. The van der Waals surface area contributed by atoms with Crippen LogP contribution in [-0.2, 0) is 14.8 Å². The normalized spacial score (nSPS) is 11.3. The zero-order chi connectivity index (χ0) is 19.4. The van der Waals surface area contributed by atoms with E-state index in [1.165, 1.54) is 4.31 Å². The van der Waals surface area contributed by atoms with Crippen LogP contribution >= 0.6 is 0 Å². The van der Waals surface area contributed by atoms with Crippen molar-refractivity contribution in [1.29, 1.82) is 0 Å². The number of carbonyl (C=O) groups excluding carboxylic acids is 1. The summed E-state index contributed by atoms with van der Waals surface area (Å²) in [5.74, 6) is -0.270. The van der Waals surface area contributed by atoms with E-state index in [0.717, 1.165) is 17.2 Å². The molecule has 0 aliphatic carbocycles. The zero-order valence-corrected chi connectivity index (χ0v) is 16.0. The van der Waals surface area contributed by atoms with E-state index in [2.05, 4.69) is 10.3 Å². The average Bonchev–Trinajstić information content (AvgIpc) is 2.62.